The van der Waals surface area contributed by atoms with Crippen LogP contribution >= 0.6 is 0 Å². The maximum absolute atomic E-state index is 12.2. The van der Waals surface area contributed by atoms with Gasteiger partial charge in [0.1, 0.15) is 10.8 Å². The number of aromatic nitrogens is 5. The van der Waals surface area contributed by atoms with Crippen LogP contribution in [0.3, 0.4) is 0 Å². The summed E-state index contributed by atoms with van der Waals surface area (Å²) >= 11 is 0. The Morgan fingerprint density at radius 3 is 2.71 bits per heavy atom. The zero-order valence-electron chi connectivity index (χ0n) is 8.59. The number of rotatable bonds is 2. The summed E-state index contributed by atoms with van der Waals surface area (Å²) in [5, 5.41) is 15.4. The van der Waals surface area contributed by atoms with Crippen LogP contribution in [0.15, 0.2) is 52.4 Å². The zero-order chi connectivity index (χ0) is 11.7. The molecule has 17 heavy (non-hydrogen) atoms. The zero-order valence-corrected chi connectivity index (χ0v) is 9.41. The predicted octanol–water partition coefficient (Wildman–Crippen LogP) is 0.686. The van der Waals surface area contributed by atoms with E-state index < -0.39 is 10.8 Å². The van der Waals surface area contributed by atoms with E-state index in [1.807, 2.05) is 18.2 Å². The molecule has 2 aromatic heterocycles. The van der Waals surface area contributed by atoms with Gasteiger partial charge in [-0.05, 0) is 34.7 Å². The SMILES string of the molecule is O=[S@](c1ccccc1)c1ccc2nnnn2n1. The first-order chi connectivity index (χ1) is 8.34. The van der Waals surface area contributed by atoms with Crippen molar-refractivity contribution in [3.05, 3.63) is 42.5 Å². The number of hydrogen-bond donors (Lipinski definition) is 0. The van der Waals surface area contributed by atoms with Crippen LogP contribution in [0, 0.1) is 0 Å². The van der Waals surface area contributed by atoms with E-state index in [9.17, 15) is 4.21 Å². The lowest BCUT2D eigenvalue weighted by Gasteiger charge is -2.00. The molecule has 6 nitrogen and oxygen atoms in total. The topological polar surface area (TPSA) is 73.0 Å². The first-order valence-electron chi connectivity index (χ1n) is 4.87. The Bertz CT molecular complexity index is 681. The van der Waals surface area contributed by atoms with Gasteiger partial charge in [-0.25, -0.2) is 4.21 Å². The second-order valence-corrected chi connectivity index (χ2v) is 4.71. The number of hydrogen-bond acceptors (Lipinski definition) is 5. The van der Waals surface area contributed by atoms with Gasteiger partial charge in [-0.2, -0.15) is 0 Å². The van der Waals surface area contributed by atoms with Gasteiger partial charge in [0, 0.05) is 4.90 Å². The maximum Gasteiger partial charge on any atom is 0.200 e. The highest BCUT2D eigenvalue weighted by Crippen LogP contribution is 2.13. The third kappa shape index (κ3) is 1.80. The second-order valence-electron chi connectivity index (χ2n) is 3.28. The standard InChI is InChI=1S/C10H7N5OS/c16-17(8-4-2-1-3-5-8)10-7-6-9-11-13-14-15(9)12-10/h1-7H/t17-/m1/s1. The lowest BCUT2D eigenvalue weighted by atomic mass is 10.4. The van der Waals surface area contributed by atoms with Crippen LogP contribution in [0.2, 0.25) is 0 Å². The van der Waals surface area contributed by atoms with Crippen LogP contribution in [0.1, 0.15) is 0 Å². The fraction of sp³-hybridized carbons (Fsp3) is 0. The highest BCUT2D eigenvalue weighted by Gasteiger charge is 2.09. The van der Waals surface area contributed by atoms with Gasteiger partial charge in [0.05, 0.1) is 0 Å². The van der Waals surface area contributed by atoms with Crippen molar-refractivity contribution in [2.24, 2.45) is 0 Å². The van der Waals surface area contributed by atoms with Crippen LogP contribution in [0.5, 0.6) is 0 Å². The van der Waals surface area contributed by atoms with Crippen molar-refractivity contribution < 1.29 is 4.21 Å². The minimum atomic E-state index is -1.31. The fourth-order valence-electron chi connectivity index (χ4n) is 1.40. The summed E-state index contributed by atoms with van der Waals surface area (Å²) < 4.78 is 13.4. The number of benzene rings is 1. The molecule has 0 radical (unpaired) electrons. The first kappa shape index (κ1) is 10.0. The van der Waals surface area contributed by atoms with E-state index in [4.69, 9.17) is 0 Å². The second kappa shape index (κ2) is 4.02. The number of nitrogens with zero attached hydrogens (tertiary/aromatic N) is 5. The van der Waals surface area contributed by atoms with Gasteiger partial charge in [0.15, 0.2) is 10.7 Å². The normalized spacial score (nSPS) is 12.7. The molecular formula is C10H7N5OS. The van der Waals surface area contributed by atoms with Crippen molar-refractivity contribution in [1.82, 2.24) is 25.3 Å². The Kier molecular flexibility index (Phi) is 2.37. The van der Waals surface area contributed by atoms with Crippen LogP contribution in [0.25, 0.3) is 5.65 Å². The minimum Gasteiger partial charge on any atom is -0.247 e. The van der Waals surface area contributed by atoms with Crippen molar-refractivity contribution in [3.8, 4) is 0 Å². The van der Waals surface area contributed by atoms with E-state index in [0.29, 0.717) is 15.6 Å². The molecule has 2 heterocycles. The highest BCUT2D eigenvalue weighted by atomic mass is 32.2. The summed E-state index contributed by atoms with van der Waals surface area (Å²) in [6.07, 6.45) is 0. The molecule has 0 unspecified atom stereocenters. The van der Waals surface area contributed by atoms with Gasteiger partial charge >= 0.3 is 0 Å². The van der Waals surface area contributed by atoms with E-state index >= 15 is 0 Å². The fourth-order valence-corrected chi connectivity index (χ4v) is 2.39. The minimum absolute atomic E-state index is 0.427. The Balaban J connectivity index is 2.06. The van der Waals surface area contributed by atoms with Crippen LogP contribution in [0.4, 0.5) is 0 Å². The molecular weight excluding hydrogens is 238 g/mol. The Hall–Kier alpha value is -2.15. The average molecular weight is 245 g/mol. The van der Waals surface area contributed by atoms with E-state index in [1.54, 1.807) is 24.3 Å². The molecule has 3 aromatic rings. The van der Waals surface area contributed by atoms with Crippen LogP contribution < -0.4 is 0 Å². The summed E-state index contributed by atoms with van der Waals surface area (Å²) in [4.78, 5) is 0.701. The van der Waals surface area contributed by atoms with Gasteiger partial charge < -0.3 is 0 Å². The molecule has 0 saturated carbocycles. The van der Waals surface area contributed by atoms with Crippen molar-refractivity contribution in [3.63, 3.8) is 0 Å². The Morgan fingerprint density at radius 1 is 1.06 bits per heavy atom. The molecule has 0 aliphatic heterocycles. The molecule has 0 bridgehead atoms. The monoisotopic (exact) mass is 245 g/mol. The quantitative estimate of drug-likeness (QED) is 0.664. The van der Waals surface area contributed by atoms with Crippen LogP contribution in [-0.2, 0) is 10.8 Å². The largest absolute Gasteiger partial charge is 0.247 e. The van der Waals surface area contributed by atoms with Crippen molar-refractivity contribution >= 4 is 16.4 Å². The van der Waals surface area contributed by atoms with Gasteiger partial charge in [-0.1, -0.05) is 18.2 Å². The molecule has 0 spiro atoms. The van der Waals surface area contributed by atoms with Gasteiger partial charge in [0.25, 0.3) is 0 Å². The van der Waals surface area contributed by atoms with E-state index in [0.717, 1.165) is 0 Å². The molecule has 1 aromatic carbocycles. The molecule has 0 N–H and O–H groups in total. The highest BCUT2D eigenvalue weighted by molar-refractivity contribution is 7.85. The smallest absolute Gasteiger partial charge is 0.200 e. The van der Waals surface area contributed by atoms with E-state index in [-0.39, 0.29) is 0 Å². The van der Waals surface area contributed by atoms with Gasteiger partial charge in [0.2, 0.25) is 0 Å². The lowest BCUT2D eigenvalue weighted by Crippen LogP contribution is -2.02. The number of tetrazole rings is 1. The Labute approximate surface area is 98.7 Å². The molecule has 0 aliphatic rings. The summed E-state index contributed by atoms with van der Waals surface area (Å²) in [6.45, 7) is 0. The molecule has 0 fully saturated rings. The van der Waals surface area contributed by atoms with E-state index in [2.05, 4.69) is 20.6 Å². The van der Waals surface area contributed by atoms with Crippen molar-refractivity contribution in [1.29, 1.82) is 0 Å². The van der Waals surface area contributed by atoms with Gasteiger partial charge in [-0.15, -0.1) is 14.8 Å². The molecule has 0 saturated heterocycles. The Morgan fingerprint density at radius 2 is 1.88 bits per heavy atom. The molecule has 0 amide bonds. The molecule has 7 heteroatoms. The van der Waals surface area contributed by atoms with Crippen molar-refractivity contribution in [2.75, 3.05) is 0 Å². The predicted molar refractivity (Wildman–Crippen MR) is 59.7 cm³/mol. The molecule has 3 rings (SSSR count). The third-order valence-corrected chi connectivity index (χ3v) is 3.49. The van der Waals surface area contributed by atoms with Crippen molar-refractivity contribution in [2.45, 2.75) is 9.92 Å². The first-order valence-corrected chi connectivity index (χ1v) is 6.02. The summed E-state index contributed by atoms with van der Waals surface area (Å²) in [5.41, 5.74) is 0.527. The van der Waals surface area contributed by atoms with Gasteiger partial charge in [-0.3, -0.25) is 0 Å². The molecule has 0 aliphatic carbocycles. The lowest BCUT2D eigenvalue weighted by molar-refractivity contribution is 0.663. The average Bonchev–Trinajstić information content (AvgIpc) is 2.86. The van der Waals surface area contributed by atoms with Crippen LogP contribution in [-0.4, -0.2) is 29.5 Å². The third-order valence-electron chi connectivity index (χ3n) is 2.19. The number of fused-ring (bicyclic) bond motifs is 1. The molecule has 84 valence electrons. The molecule has 1 atom stereocenters. The van der Waals surface area contributed by atoms with E-state index in [1.165, 1.54) is 4.63 Å². The summed E-state index contributed by atoms with van der Waals surface area (Å²) in [5.74, 6) is 0. The maximum atomic E-state index is 12.2. The summed E-state index contributed by atoms with van der Waals surface area (Å²) in [7, 11) is -1.31. The summed E-state index contributed by atoms with van der Waals surface area (Å²) in [6, 6.07) is 12.5.